The van der Waals surface area contributed by atoms with Gasteiger partial charge in [0.15, 0.2) is 5.82 Å². The SMILES string of the molecule is Cc1noc(C(C)NC(=O)N2C[C@@H]3CCC[C@@]3(C(=O)O)C2)n1. The maximum Gasteiger partial charge on any atom is 0.318 e. The smallest absolute Gasteiger partial charge is 0.318 e. The number of hydrogen-bond acceptors (Lipinski definition) is 5. The highest BCUT2D eigenvalue weighted by Crippen LogP contribution is 2.48. The summed E-state index contributed by atoms with van der Waals surface area (Å²) < 4.78 is 5.03. The second kappa shape index (κ2) is 5.26. The largest absolute Gasteiger partial charge is 0.481 e. The van der Waals surface area contributed by atoms with Crippen LogP contribution in [0.1, 0.15) is 43.9 Å². The number of aromatic nitrogens is 2. The summed E-state index contributed by atoms with van der Waals surface area (Å²) in [6.07, 6.45) is 2.44. The second-order valence-electron chi connectivity index (χ2n) is 6.28. The maximum atomic E-state index is 12.4. The Bertz CT molecular complexity index is 601. The topological polar surface area (TPSA) is 109 Å². The fourth-order valence-electron chi connectivity index (χ4n) is 3.62. The molecule has 0 aromatic carbocycles. The molecule has 22 heavy (non-hydrogen) atoms. The predicted molar refractivity (Wildman–Crippen MR) is 75.0 cm³/mol. The first-order valence-electron chi connectivity index (χ1n) is 7.51. The number of likely N-dealkylation sites (tertiary alicyclic amines) is 1. The number of amides is 2. The zero-order valence-electron chi connectivity index (χ0n) is 12.7. The van der Waals surface area contributed by atoms with Gasteiger partial charge in [-0.2, -0.15) is 4.98 Å². The molecule has 0 spiro atoms. The average molecular weight is 308 g/mol. The van der Waals surface area contributed by atoms with E-state index in [1.807, 2.05) is 0 Å². The van der Waals surface area contributed by atoms with Crippen molar-refractivity contribution in [1.29, 1.82) is 0 Å². The first-order chi connectivity index (χ1) is 10.4. The number of aliphatic carboxylic acids is 1. The summed E-state index contributed by atoms with van der Waals surface area (Å²) in [6.45, 7) is 4.23. The third-order valence-electron chi connectivity index (χ3n) is 4.84. The molecular weight excluding hydrogens is 288 g/mol. The van der Waals surface area contributed by atoms with Crippen molar-refractivity contribution < 1.29 is 19.2 Å². The molecule has 2 heterocycles. The Labute approximate surface area is 127 Å². The second-order valence-corrected chi connectivity index (χ2v) is 6.28. The fourth-order valence-corrected chi connectivity index (χ4v) is 3.62. The van der Waals surface area contributed by atoms with E-state index in [1.165, 1.54) is 0 Å². The van der Waals surface area contributed by atoms with Crippen LogP contribution >= 0.6 is 0 Å². The van der Waals surface area contributed by atoms with Gasteiger partial charge in [0.2, 0.25) is 5.89 Å². The highest BCUT2D eigenvalue weighted by atomic mass is 16.5. The van der Waals surface area contributed by atoms with Gasteiger partial charge in [-0.15, -0.1) is 0 Å². The van der Waals surface area contributed by atoms with Gasteiger partial charge in [0.05, 0.1) is 5.41 Å². The Hall–Kier alpha value is -2.12. The van der Waals surface area contributed by atoms with Crippen LogP contribution in [-0.4, -0.2) is 45.2 Å². The van der Waals surface area contributed by atoms with Crippen LogP contribution in [0.15, 0.2) is 4.52 Å². The minimum Gasteiger partial charge on any atom is -0.481 e. The van der Waals surface area contributed by atoms with Gasteiger partial charge in [-0.1, -0.05) is 11.6 Å². The van der Waals surface area contributed by atoms with Crippen molar-refractivity contribution in [2.24, 2.45) is 11.3 Å². The lowest BCUT2D eigenvalue weighted by atomic mass is 9.81. The molecule has 1 saturated carbocycles. The van der Waals surface area contributed by atoms with Crippen molar-refractivity contribution in [3.05, 3.63) is 11.7 Å². The van der Waals surface area contributed by atoms with Crippen molar-refractivity contribution >= 4 is 12.0 Å². The van der Waals surface area contributed by atoms with E-state index < -0.39 is 17.4 Å². The molecule has 1 aliphatic carbocycles. The number of carboxylic acid groups (broad SMARTS) is 1. The molecule has 0 bridgehead atoms. The highest BCUT2D eigenvalue weighted by molar-refractivity contribution is 5.80. The van der Waals surface area contributed by atoms with Gasteiger partial charge in [0.25, 0.3) is 0 Å². The molecular formula is C14H20N4O4. The molecule has 3 atom stereocenters. The first kappa shape index (κ1) is 14.8. The summed E-state index contributed by atoms with van der Waals surface area (Å²) >= 11 is 0. The minimum atomic E-state index is -0.786. The molecule has 2 N–H and O–H groups in total. The van der Waals surface area contributed by atoms with E-state index in [0.717, 1.165) is 12.8 Å². The summed E-state index contributed by atoms with van der Waals surface area (Å²) in [5, 5.41) is 16.0. The molecule has 1 aliphatic heterocycles. The number of rotatable bonds is 3. The van der Waals surface area contributed by atoms with E-state index in [2.05, 4.69) is 15.5 Å². The van der Waals surface area contributed by atoms with Gasteiger partial charge < -0.3 is 19.8 Å². The monoisotopic (exact) mass is 308 g/mol. The van der Waals surface area contributed by atoms with Gasteiger partial charge >= 0.3 is 12.0 Å². The summed E-state index contributed by atoms with van der Waals surface area (Å²) in [7, 11) is 0. The average Bonchev–Trinajstić information content (AvgIpc) is 3.10. The molecule has 8 nitrogen and oxygen atoms in total. The van der Waals surface area contributed by atoms with Crippen molar-refractivity contribution in [2.75, 3.05) is 13.1 Å². The van der Waals surface area contributed by atoms with Gasteiger partial charge in [0, 0.05) is 13.1 Å². The first-order valence-corrected chi connectivity index (χ1v) is 7.51. The van der Waals surface area contributed by atoms with Gasteiger partial charge in [-0.3, -0.25) is 4.79 Å². The van der Waals surface area contributed by atoms with E-state index >= 15 is 0 Å². The van der Waals surface area contributed by atoms with Crippen LogP contribution in [0.25, 0.3) is 0 Å². The normalized spacial score (nSPS) is 28.5. The number of nitrogens with one attached hydrogen (secondary N) is 1. The van der Waals surface area contributed by atoms with Crippen LogP contribution < -0.4 is 5.32 Å². The van der Waals surface area contributed by atoms with E-state index in [4.69, 9.17) is 4.52 Å². The van der Waals surface area contributed by atoms with Crippen LogP contribution in [-0.2, 0) is 4.79 Å². The fraction of sp³-hybridized carbons (Fsp3) is 0.714. The number of hydrogen-bond donors (Lipinski definition) is 2. The molecule has 120 valence electrons. The molecule has 2 amide bonds. The van der Waals surface area contributed by atoms with E-state index in [9.17, 15) is 14.7 Å². The quantitative estimate of drug-likeness (QED) is 0.872. The van der Waals surface area contributed by atoms with Crippen molar-refractivity contribution in [1.82, 2.24) is 20.4 Å². The van der Waals surface area contributed by atoms with E-state index in [-0.39, 0.29) is 18.5 Å². The number of carbonyl (C=O) groups excluding carboxylic acids is 1. The predicted octanol–water partition coefficient (Wildman–Crippen LogP) is 1.34. The third kappa shape index (κ3) is 2.32. The minimum absolute atomic E-state index is 0.0525. The van der Waals surface area contributed by atoms with Gasteiger partial charge in [-0.05, 0) is 32.6 Å². The number of nitrogens with zero attached hydrogens (tertiary/aromatic N) is 3. The Morgan fingerprint density at radius 2 is 2.32 bits per heavy atom. The highest BCUT2D eigenvalue weighted by Gasteiger charge is 2.55. The Balaban J connectivity index is 1.66. The van der Waals surface area contributed by atoms with Gasteiger partial charge in [0.1, 0.15) is 6.04 Å². The molecule has 2 fully saturated rings. The molecule has 3 rings (SSSR count). The third-order valence-corrected chi connectivity index (χ3v) is 4.84. The summed E-state index contributed by atoms with van der Waals surface area (Å²) in [6, 6.07) is -0.687. The Morgan fingerprint density at radius 3 is 2.91 bits per heavy atom. The molecule has 2 aliphatic rings. The number of urea groups is 1. The molecule has 1 unspecified atom stereocenters. The number of aryl methyl sites for hydroxylation is 1. The Morgan fingerprint density at radius 1 is 1.55 bits per heavy atom. The van der Waals surface area contributed by atoms with Crippen LogP contribution in [0, 0.1) is 18.3 Å². The molecule has 8 heteroatoms. The number of carboxylic acids is 1. The lowest BCUT2D eigenvalue weighted by Crippen LogP contribution is -2.42. The van der Waals surface area contributed by atoms with Crippen molar-refractivity contribution in [3.63, 3.8) is 0 Å². The van der Waals surface area contributed by atoms with Crippen molar-refractivity contribution in [3.8, 4) is 0 Å². The maximum absolute atomic E-state index is 12.4. The lowest BCUT2D eigenvalue weighted by molar-refractivity contribution is -0.149. The summed E-state index contributed by atoms with van der Waals surface area (Å²) in [4.78, 5) is 29.7. The molecule has 1 aromatic rings. The standard InChI is InChI=1S/C14H20N4O4/c1-8(11-16-9(2)17-22-11)15-13(21)18-6-10-4-3-5-14(10,7-18)12(19)20/h8,10H,3-7H2,1-2H3,(H,15,21)(H,19,20)/t8?,10-,14+/m0/s1. The Kier molecular flexibility index (Phi) is 3.54. The zero-order valence-corrected chi connectivity index (χ0v) is 12.7. The molecule has 0 radical (unpaired) electrons. The van der Waals surface area contributed by atoms with E-state index in [0.29, 0.717) is 24.7 Å². The van der Waals surface area contributed by atoms with Crippen molar-refractivity contribution in [2.45, 2.75) is 39.2 Å². The number of carbonyl (C=O) groups is 2. The lowest BCUT2D eigenvalue weighted by Gasteiger charge is -2.24. The summed E-state index contributed by atoms with van der Waals surface area (Å²) in [5.41, 5.74) is -0.762. The summed E-state index contributed by atoms with van der Waals surface area (Å²) in [5.74, 6) is 0.123. The van der Waals surface area contributed by atoms with Crippen LogP contribution in [0.4, 0.5) is 4.79 Å². The van der Waals surface area contributed by atoms with Gasteiger partial charge in [-0.25, -0.2) is 4.79 Å². The molecule has 1 saturated heterocycles. The number of fused-ring (bicyclic) bond motifs is 1. The zero-order chi connectivity index (χ0) is 15.9. The van der Waals surface area contributed by atoms with Crippen LogP contribution in [0.3, 0.4) is 0 Å². The molecule has 1 aromatic heterocycles. The van der Waals surface area contributed by atoms with E-state index in [1.54, 1.807) is 18.7 Å². The van der Waals surface area contributed by atoms with Crippen LogP contribution in [0.5, 0.6) is 0 Å². The van der Waals surface area contributed by atoms with Crippen LogP contribution in [0.2, 0.25) is 0 Å².